The average Bonchev–Trinajstić information content (AvgIpc) is 2.48. The van der Waals surface area contributed by atoms with Crippen LogP contribution in [0.1, 0.15) is 30.1 Å². The Morgan fingerprint density at radius 2 is 2.09 bits per heavy atom. The number of anilines is 1. The largest absolute Gasteiger partial charge is 0.481 e. The predicted molar refractivity (Wildman–Crippen MR) is 77.0 cm³/mol. The Kier molecular flexibility index (Phi) is 4.75. The quantitative estimate of drug-likeness (QED) is 0.890. The first kappa shape index (κ1) is 15.9. The fraction of sp³-hybridized carbons (Fsp3) is 0.400. The summed E-state index contributed by atoms with van der Waals surface area (Å²) in [5, 5.41) is 11.5. The molecule has 118 valence electrons. The smallest absolute Gasteiger partial charge is 0.308 e. The van der Waals surface area contributed by atoms with Gasteiger partial charge in [-0.1, -0.05) is 0 Å². The third-order valence-electron chi connectivity index (χ3n) is 3.57. The monoisotopic (exact) mass is 308 g/mol. The molecule has 2 N–H and O–H groups in total. The zero-order valence-corrected chi connectivity index (χ0v) is 12.1. The van der Waals surface area contributed by atoms with Crippen molar-refractivity contribution in [3.63, 3.8) is 0 Å². The van der Waals surface area contributed by atoms with Gasteiger partial charge in [-0.2, -0.15) is 0 Å². The number of hydrogen-bond donors (Lipinski definition) is 2. The van der Waals surface area contributed by atoms with E-state index in [0.29, 0.717) is 25.1 Å². The summed E-state index contributed by atoms with van der Waals surface area (Å²) in [7, 11) is 0. The van der Waals surface area contributed by atoms with Crippen LogP contribution in [-0.2, 0) is 9.59 Å². The summed E-state index contributed by atoms with van der Waals surface area (Å²) in [5.74, 6) is -3.16. The minimum absolute atomic E-state index is 0.0674. The van der Waals surface area contributed by atoms with Crippen molar-refractivity contribution in [2.24, 2.45) is 5.92 Å². The van der Waals surface area contributed by atoms with Gasteiger partial charge in [-0.25, -0.2) is 4.39 Å². The Hall–Kier alpha value is -2.44. The Balaban J connectivity index is 2.21. The number of aliphatic carboxylic acids is 1. The Morgan fingerprint density at radius 1 is 1.36 bits per heavy atom. The summed E-state index contributed by atoms with van der Waals surface area (Å²) in [6, 6.07) is 3.74. The highest BCUT2D eigenvalue weighted by atomic mass is 19.1. The number of benzene rings is 1. The molecule has 1 aromatic rings. The lowest BCUT2D eigenvalue weighted by Gasteiger charge is -2.30. The maximum atomic E-state index is 13.9. The molecule has 0 bridgehead atoms. The lowest BCUT2D eigenvalue weighted by atomic mass is 9.97. The van der Waals surface area contributed by atoms with E-state index in [1.54, 1.807) is 0 Å². The number of likely N-dealkylation sites (tertiary alicyclic amines) is 1. The molecule has 2 rings (SSSR count). The second-order valence-corrected chi connectivity index (χ2v) is 5.30. The van der Waals surface area contributed by atoms with Gasteiger partial charge in [0.1, 0.15) is 5.82 Å². The van der Waals surface area contributed by atoms with Gasteiger partial charge in [0.15, 0.2) is 0 Å². The molecule has 7 heteroatoms. The molecular weight excluding hydrogens is 291 g/mol. The van der Waals surface area contributed by atoms with Crippen molar-refractivity contribution in [2.45, 2.75) is 19.8 Å². The van der Waals surface area contributed by atoms with Crippen molar-refractivity contribution in [3.05, 3.63) is 29.6 Å². The normalized spacial score (nSPS) is 17.9. The van der Waals surface area contributed by atoms with Crippen molar-refractivity contribution < 1.29 is 23.9 Å². The van der Waals surface area contributed by atoms with Crippen LogP contribution >= 0.6 is 0 Å². The first-order valence-corrected chi connectivity index (χ1v) is 6.97. The van der Waals surface area contributed by atoms with Crippen LogP contribution < -0.4 is 5.32 Å². The number of piperidine rings is 1. The van der Waals surface area contributed by atoms with Crippen LogP contribution in [-0.4, -0.2) is 40.9 Å². The van der Waals surface area contributed by atoms with Gasteiger partial charge >= 0.3 is 5.97 Å². The molecular formula is C15H17FN2O4. The van der Waals surface area contributed by atoms with E-state index in [-0.39, 0.29) is 18.0 Å². The third kappa shape index (κ3) is 3.60. The van der Waals surface area contributed by atoms with Crippen molar-refractivity contribution >= 4 is 23.5 Å². The standard InChI is InChI=1S/C15H17FN2O4/c1-9(19)17-11-4-5-13(16)12(7-11)14(20)18-6-2-3-10(8-18)15(21)22/h4-5,7,10H,2-3,6,8H2,1H3,(H,17,19)(H,21,22). The van der Waals surface area contributed by atoms with Gasteiger partial charge in [0.25, 0.3) is 5.91 Å². The highest BCUT2D eigenvalue weighted by molar-refractivity contribution is 5.97. The number of carbonyl (C=O) groups is 3. The molecule has 0 saturated carbocycles. The zero-order chi connectivity index (χ0) is 16.3. The third-order valence-corrected chi connectivity index (χ3v) is 3.57. The first-order valence-electron chi connectivity index (χ1n) is 6.97. The van der Waals surface area contributed by atoms with Gasteiger partial charge in [-0.3, -0.25) is 14.4 Å². The first-order chi connectivity index (χ1) is 10.4. The lowest BCUT2D eigenvalue weighted by molar-refractivity contribution is -0.143. The Bertz CT molecular complexity index is 618. The van der Waals surface area contributed by atoms with Crippen LogP contribution in [0.5, 0.6) is 0 Å². The molecule has 0 radical (unpaired) electrons. The molecule has 0 aliphatic carbocycles. The highest BCUT2D eigenvalue weighted by Crippen LogP contribution is 2.22. The van der Waals surface area contributed by atoms with E-state index >= 15 is 0 Å². The molecule has 2 amide bonds. The number of carboxylic acids is 1. The van der Waals surface area contributed by atoms with E-state index in [2.05, 4.69) is 5.32 Å². The van der Waals surface area contributed by atoms with Crippen molar-refractivity contribution in [1.82, 2.24) is 4.90 Å². The van der Waals surface area contributed by atoms with Crippen LogP contribution in [0.15, 0.2) is 18.2 Å². The summed E-state index contributed by atoms with van der Waals surface area (Å²) in [6.07, 6.45) is 1.07. The number of halogens is 1. The number of nitrogens with zero attached hydrogens (tertiary/aromatic N) is 1. The zero-order valence-electron chi connectivity index (χ0n) is 12.1. The maximum Gasteiger partial charge on any atom is 0.308 e. The van der Waals surface area contributed by atoms with Crippen LogP contribution in [0.2, 0.25) is 0 Å². The van der Waals surface area contributed by atoms with Crippen LogP contribution in [0.25, 0.3) is 0 Å². The molecule has 1 aromatic carbocycles. The molecule has 0 spiro atoms. The molecule has 1 fully saturated rings. The van der Waals surface area contributed by atoms with Gasteiger partial charge in [0.2, 0.25) is 5.91 Å². The van der Waals surface area contributed by atoms with Gasteiger partial charge in [-0.05, 0) is 31.0 Å². The molecule has 1 saturated heterocycles. The molecule has 1 unspecified atom stereocenters. The number of amides is 2. The molecule has 22 heavy (non-hydrogen) atoms. The summed E-state index contributed by atoms with van der Waals surface area (Å²) in [6.45, 7) is 1.78. The topological polar surface area (TPSA) is 86.7 Å². The van der Waals surface area contributed by atoms with Crippen molar-refractivity contribution in [3.8, 4) is 0 Å². The fourth-order valence-corrected chi connectivity index (χ4v) is 2.50. The molecule has 1 aliphatic heterocycles. The van der Waals surface area contributed by atoms with Crippen molar-refractivity contribution in [1.29, 1.82) is 0 Å². The minimum Gasteiger partial charge on any atom is -0.481 e. The summed E-state index contributed by atoms with van der Waals surface area (Å²) < 4.78 is 13.9. The molecule has 1 aliphatic rings. The van der Waals surface area contributed by atoms with Crippen molar-refractivity contribution in [2.75, 3.05) is 18.4 Å². The van der Waals surface area contributed by atoms with Crippen LogP contribution in [0, 0.1) is 11.7 Å². The molecule has 1 atom stereocenters. The number of rotatable bonds is 3. The Labute approximate surface area is 126 Å². The number of nitrogens with one attached hydrogen (secondary N) is 1. The van der Waals surface area contributed by atoms with Crippen LogP contribution in [0.4, 0.5) is 10.1 Å². The second-order valence-electron chi connectivity index (χ2n) is 5.30. The lowest BCUT2D eigenvalue weighted by Crippen LogP contribution is -2.42. The number of carboxylic acid groups (broad SMARTS) is 1. The maximum absolute atomic E-state index is 13.9. The van der Waals surface area contributed by atoms with E-state index in [1.807, 2.05) is 0 Å². The van der Waals surface area contributed by atoms with E-state index in [0.717, 1.165) is 6.07 Å². The fourth-order valence-electron chi connectivity index (χ4n) is 2.50. The summed E-state index contributed by atoms with van der Waals surface area (Å²) >= 11 is 0. The molecule has 0 aromatic heterocycles. The minimum atomic E-state index is -0.954. The van der Waals surface area contributed by atoms with Gasteiger partial charge in [0, 0.05) is 25.7 Å². The van der Waals surface area contributed by atoms with Gasteiger partial charge < -0.3 is 15.3 Å². The van der Waals surface area contributed by atoms with E-state index in [9.17, 15) is 18.8 Å². The summed E-state index contributed by atoms with van der Waals surface area (Å²) in [5.41, 5.74) is 0.154. The molecule has 1 heterocycles. The Morgan fingerprint density at radius 3 is 2.73 bits per heavy atom. The average molecular weight is 308 g/mol. The van der Waals surface area contributed by atoms with Crippen LogP contribution in [0.3, 0.4) is 0 Å². The highest BCUT2D eigenvalue weighted by Gasteiger charge is 2.29. The number of hydrogen-bond acceptors (Lipinski definition) is 3. The van der Waals surface area contributed by atoms with E-state index in [4.69, 9.17) is 5.11 Å². The SMILES string of the molecule is CC(=O)Nc1ccc(F)c(C(=O)N2CCCC(C(=O)O)C2)c1. The number of carbonyl (C=O) groups excluding carboxylic acids is 2. The predicted octanol–water partition coefficient (Wildman–Crippen LogP) is 1.72. The second kappa shape index (κ2) is 6.55. The van der Waals surface area contributed by atoms with E-state index in [1.165, 1.54) is 24.0 Å². The molecule has 6 nitrogen and oxygen atoms in total. The summed E-state index contributed by atoms with van der Waals surface area (Å²) in [4.78, 5) is 35.8. The van der Waals surface area contributed by atoms with Gasteiger partial charge in [-0.15, -0.1) is 0 Å². The van der Waals surface area contributed by atoms with E-state index < -0.39 is 23.6 Å². The van der Waals surface area contributed by atoms with Gasteiger partial charge in [0.05, 0.1) is 11.5 Å².